The fourth-order valence-corrected chi connectivity index (χ4v) is 6.44. The molecule has 7 heteroatoms. The van der Waals surface area contributed by atoms with Crippen LogP contribution in [0.4, 0.5) is 0 Å². The number of amides is 2. The highest BCUT2D eigenvalue weighted by molar-refractivity contribution is 7.12. The minimum atomic E-state index is -0.676. The summed E-state index contributed by atoms with van der Waals surface area (Å²) in [4.78, 5) is 34.0. The predicted molar refractivity (Wildman–Crippen MR) is 146 cm³/mol. The summed E-state index contributed by atoms with van der Waals surface area (Å²) in [5, 5.41) is 3.11. The van der Waals surface area contributed by atoms with E-state index in [9.17, 15) is 9.59 Å². The molecule has 2 aliphatic heterocycles. The lowest BCUT2D eigenvalue weighted by Crippen LogP contribution is -2.73. The standard InChI is InChI=1S/C28H39N3O2S.ClH/c1-4-5-15-31-26(32)25(18-21(2)3)29-27(33)28(31)13-16-30(17-14-28)20-24-12-11-23(34-24)19-22-9-7-6-8-10-22;/h6-12,21,25H,4-5,13-20H2,1-3H3,(H,29,33);1H. The Balaban J connectivity index is 0.00000342. The molecule has 1 unspecified atom stereocenters. The zero-order valence-corrected chi connectivity index (χ0v) is 22.9. The number of carbonyl (C=O) groups excluding carboxylic acids is 2. The van der Waals surface area contributed by atoms with Crippen LogP contribution >= 0.6 is 23.7 Å². The van der Waals surface area contributed by atoms with Gasteiger partial charge in [-0.15, -0.1) is 23.7 Å². The van der Waals surface area contributed by atoms with Crippen molar-refractivity contribution in [3.8, 4) is 0 Å². The molecule has 1 aromatic carbocycles. The molecule has 2 saturated heterocycles. The number of halogens is 1. The Kier molecular flexibility index (Phi) is 9.79. The van der Waals surface area contributed by atoms with Crippen LogP contribution in [-0.4, -0.2) is 52.8 Å². The number of piperazine rings is 1. The lowest BCUT2D eigenvalue weighted by atomic mass is 9.80. The molecule has 0 radical (unpaired) electrons. The molecule has 192 valence electrons. The molecular weight excluding hydrogens is 478 g/mol. The third-order valence-corrected chi connectivity index (χ3v) is 8.32. The first-order valence-corrected chi connectivity index (χ1v) is 13.7. The van der Waals surface area contributed by atoms with Gasteiger partial charge >= 0.3 is 0 Å². The van der Waals surface area contributed by atoms with Crippen LogP contribution in [0.2, 0.25) is 0 Å². The van der Waals surface area contributed by atoms with Crippen molar-refractivity contribution in [1.29, 1.82) is 0 Å². The van der Waals surface area contributed by atoms with E-state index in [0.717, 1.165) is 38.9 Å². The van der Waals surface area contributed by atoms with Crippen molar-refractivity contribution in [2.45, 2.75) is 77.4 Å². The number of rotatable bonds is 9. The zero-order chi connectivity index (χ0) is 24.1. The normalized spacial score (nSPS) is 20.2. The summed E-state index contributed by atoms with van der Waals surface area (Å²) in [6, 6.07) is 14.7. The number of piperidine rings is 1. The van der Waals surface area contributed by atoms with Gasteiger partial charge in [0, 0.05) is 42.4 Å². The zero-order valence-electron chi connectivity index (χ0n) is 21.3. The van der Waals surface area contributed by atoms with Crippen LogP contribution in [0.25, 0.3) is 0 Å². The Morgan fingerprint density at radius 1 is 1.06 bits per heavy atom. The maximum atomic E-state index is 13.4. The van der Waals surface area contributed by atoms with Crippen molar-refractivity contribution in [3.63, 3.8) is 0 Å². The Labute approximate surface area is 220 Å². The molecule has 3 heterocycles. The van der Waals surface area contributed by atoms with Crippen LogP contribution in [0.15, 0.2) is 42.5 Å². The van der Waals surface area contributed by atoms with Gasteiger partial charge in [-0.3, -0.25) is 14.5 Å². The molecule has 1 spiro atoms. The molecule has 2 aliphatic rings. The minimum absolute atomic E-state index is 0. The first-order valence-electron chi connectivity index (χ1n) is 12.9. The molecule has 0 bridgehead atoms. The van der Waals surface area contributed by atoms with Crippen molar-refractivity contribution in [1.82, 2.24) is 15.1 Å². The summed E-state index contributed by atoms with van der Waals surface area (Å²) < 4.78 is 0. The first-order chi connectivity index (χ1) is 16.4. The number of hydrogen-bond donors (Lipinski definition) is 1. The van der Waals surface area contributed by atoms with E-state index in [1.165, 1.54) is 15.3 Å². The van der Waals surface area contributed by atoms with E-state index in [2.05, 4.69) is 73.5 Å². The van der Waals surface area contributed by atoms with Crippen LogP contribution < -0.4 is 5.32 Å². The van der Waals surface area contributed by atoms with E-state index in [4.69, 9.17) is 0 Å². The van der Waals surface area contributed by atoms with E-state index in [1.54, 1.807) is 0 Å². The van der Waals surface area contributed by atoms with Crippen molar-refractivity contribution in [2.24, 2.45) is 5.92 Å². The number of carbonyl (C=O) groups is 2. The summed E-state index contributed by atoms with van der Waals surface area (Å²) in [6.07, 6.45) is 5.07. The van der Waals surface area contributed by atoms with E-state index in [-0.39, 0.29) is 30.3 Å². The monoisotopic (exact) mass is 517 g/mol. The Morgan fingerprint density at radius 2 is 1.74 bits per heavy atom. The third kappa shape index (κ3) is 6.46. The van der Waals surface area contributed by atoms with Gasteiger partial charge in [-0.05, 0) is 49.3 Å². The molecule has 35 heavy (non-hydrogen) atoms. The molecule has 2 fully saturated rings. The molecule has 1 atom stereocenters. The van der Waals surface area contributed by atoms with Gasteiger partial charge in [-0.2, -0.15) is 0 Å². The predicted octanol–water partition coefficient (Wildman–Crippen LogP) is 5.27. The van der Waals surface area contributed by atoms with Crippen molar-refractivity contribution in [2.75, 3.05) is 19.6 Å². The molecule has 2 amide bonds. The highest BCUT2D eigenvalue weighted by Gasteiger charge is 2.53. The van der Waals surface area contributed by atoms with Gasteiger partial charge in [0.25, 0.3) is 0 Å². The Morgan fingerprint density at radius 3 is 2.40 bits per heavy atom. The summed E-state index contributed by atoms with van der Waals surface area (Å²) in [6.45, 7) is 9.63. The van der Waals surface area contributed by atoms with Crippen LogP contribution in [0, 0.1) is 5.92 Å². The van der Waals surface area contributed by atoms with Gasteiger partial charge < -0.3 is 10.2 Å². The van der Waals surface area contributed by atoms with E-state index in [1.807, 2.05) is 16.2 Å². The molecule has 5 nitrogen and oxygen atoms in total. The Hall–Kier alpha value is -1.89. The van der Waals surface area contributed by atoms with Gasteiger partial charge in [-0.1, -0.05) is 57.5 Å². The lowest BCUT2D eigenvalue weighted by Gasteiger charge is -2.52. The molecule has 4 rings (SSSR count). The molecule has 2 aromatic rings. The third-order valence-electron chi connectivity index (χ3n) is 7.25. The van der Waals surface area contributed by atoms with Gasteiger partial charge in [-0.25, -0.2) is 0 Å². The largest absolute Gasteiger partial charge is 0.342 e. The van der Waals surface area contributed by atoms with Gasteiger partial charge in [0.05, 0.1) is 0 Å². The highest BCUT2D eigenvalue weighted by atomic mass is 35.5. The number of nitrogens with one attached hydrogen (secondary N) is 1. The van der Waals surface area contributed by atoms with Gasteiger partial charge in [0.2, 0.25) is 11.8 Å². The number of unbranched alkanes of at least 4 members (excludes halogenated alkanes) is 1. The highest BCUT2D eigenvalue weighted by Crippen LogP contribution is 2.35. The van der Waals surface area contributed by atoms with Gasteiger partial charge in [0.1, 0.15) is 11.6 Å². The molecule has 1 aromatic heterocycles. The maximum Gasteiger partial charge on any atom is 0.246 e. The number of benzene rings is 1. The number of hydrogen-bond acceptors (Lipinski definition) is 4. The molecular formula is C28H40ClN3O2S. The second kappa shape index (κ2) is 12.4. The van der Waals surface area contributed by atoms with Gasteiger partial charge in [0.15, 0.2) is 0 Å². The fraction of sp³-hybridized carbons (Fsp3) is 0.571. The van der Waals surface area contributed by atoms with Crippen LogP contribution in [-0.2, 0) is 22.6 Å². The average molecular weight is 518 g/mol. The quantitative estimate of drug-likeness (QED) is 0.493. The minimum Gasteiger partial charge on any atom is -0.342 e. The first kappa shape index (κ1) is 27.7. The molecule has 1 N–H and O–H groups in total. The Bertz CT molecular complexity index is 970. The number of thiophene rings is 1. The summed E-state index contributed by atoms with van der Waals surface area (Å²) >= 11 is 1.88. The van der Waals surface area contributed by atoms with Crippen LogP contribution in [0.1, 0.15) is 68.2 Å². The van der Waals surface area contributed by atoms with E-state index >= 15 is 0 Å². The van der Waals surface area contributed by atoms with Crippen molar-refractivity contribution >= 4 is 35.6 Å². The summed E-state index contributed by atoms with van der Waals surface area (Å²) in [5.41, 5.74) is 0.663. The van der Waals surface area contributed by atoms with Crippen LogP contribution in [0.3, 0.4) is 0 Å². The van der Waals surface area contributed by atoms with E-state index in [0.29, 0.717) is 31.7 Å². The topological polar surface area (TPSA) is 52.7 Å². The summed E-state index contributed by atoms with van der Waals surface area (Å²) in [7, 11) is 0. The second-order valence-corrected chi connectivity index (χ2v) is 11.6. The van der Waals surface area contributed by atoms with Crippen LogP contribution in [0.5, 0.6) is 0 Å². The molecule has 0 saturated carbocycles. The number of likely N-dealkylation sites (tertiary alicyclic amines) is 1. The maximum absolute atomic E-state index is 13.4. The SMILES string of the molecule is CCCCN1C(=O)C(CC(C)C)NC(=O)C12CCN(Cc1ccc(Cc3ccccc3)s1)CC2.Cl. The van der Waals surface area contributed by atoms with E-state index < -0.39 is 5.54 Å². The van der Waals surface area contributed by atoms with Crippen molar-refractivity contribution < 1.29 is 9.59 Å². The number of nitrogens with zero attached hydrogens (tertiary/aromatic N) is 2. The average Bonchev–Trinajstić information content (AvgIpc) is 3.26. The fourth-order valence-electron chi connectivity index (χ4n) is 5.35. The summed E-state index contributed by atoms with van der Waals surface area (Å²) in [5.74, 6) is 0.560. The van der Waals surface area contributed by atoms with Crippen molar-refractivity contribution in [3.05, 3.63) is 57.8 Å². The lowest BCUT2D eigenvalue weighted by molar-refractivity contribution is -0.161. The molecule has 0 aliphatic carbocycles. The second-order valence-electron chi connectivity index (χ2n) is 10.3. The smallest absolute Gasteiger partial charge is 0.246 e.